The molecule has 0 bridgehead atoms. The minimum absolute atomic E-state index is 0.00558. The van der Waals surface area contributed by atoms with Gasteiger partial charge < -0.3 is 9.52 Å². The standard InChI is InChI=1S/C18H13N3O5/c22-16-4-2-1-3-15(16)18(23)20-19-11-14-9-10-17(26-14)12-5-7-13(8-6-12)21(24)25/h1-11,22H,(H,20,23). The Morgan fingerprint density at radius 1 is 1.12 bits per heavy atom. The molecule has 130 valence electrons. The van der Waals surface area contributed by atoms with Gasteiger partial charge in [0.25, 0.3) is 11.6 Å². The van der Waals surface area contributed by atoms with E-state index in [0.717, 1.165) is 0 Å². The number of amides is 1. The summed E-state index contributed by atoms with van der Waals surface area (Å²) in [6, 6.07) is 15.4. The number of nitro groups is 1. The maximum Gasteiger partial charge on any atom is 0.275 e. The molecule has 0 unspecified atom stereocenters. The fourth-order valence-electron chi connectivity index (χ4n) is 2.21. The first-order valence-corrected chi connectivity index (χ1v) is 7.50. The second-order valence-electron chi connectivity index (χ2n) is 5.22. The summed E-state index contributed by atoms with van der Waals surface area (Å²) in [6.45, 7) is 0. The maximum absolute atomic E-state index is 11.9. The summed E-state index contributed by atoms with van der Waals surface area (Å²) >= 11 is 0. The minimum Gasteiger partial charge on any atom is -0.507 e. The largest absolute Gasteiger partial charge is 0.507 e. The molecule has 3 rings (SSSR count). The zero-order valence-electron chi connectivity index (χ0n) is 13.3. The molecule has 0 atom stereocenters. The van der Waals surface area contributed by atoms with Crippen molar-refractivity contribution >= 4 is 17.8 Å². The molecule has 1 heterocycles. The molecule has 8 nitrogen and oxygen atoms in total. The fraction of sp³-hybridized carbons (Fsp3) is 0. The van der Waals surface area contributed by atoms with Gasteiger partial charge in [0.15, 0.2) is 0 Å². The van der Waals surface area contributed by atoms with Crippen molar-refractivity contribution in [2.75, 3.05) is 0 Å². The van der Waals surface area contributed by atoms with Crippen molar-refractivity contribution in [3.63, 3.8) is 0 Å². The van der Waals surface area contributed by atoms with E-state index in [9.17, 15) is 20.0 Å². The van der Waals surface area contributed by atoms with E-state index >= 15 is 0 Å². The summed E-state index contributed by atoms with van der Waals surface area (Å²) in [6.07, 6.45) is 1.31. The first-order valence-electron chi connectivity index (χ1n) is 7.50. The smallest absolute Gasteiger partial charge is 0.275 e. The molecule has 0 fully saturated rings. The molecule has 2 aromatic carbocycles. The Labute approximate surface area is 147 Å². The molecule has 0 saturated carbocycles. The number of non-ortho nitro benzene ring substituents is 1. The Hall–Kier alpha value is -3.94. The van der Waals surface area contributed by atoms with Crippen LogP contribution in [-0.4, -0.2) is 22.2 Å². The van der Waals surface area contributed by atoms with Crippen LogP contribution in [0.2, 0.25) is 0 Å². The molecule has 1 amide bonds. The lowest BCUT2D eigenvalue weighted by Crippen LogP contribution is -2.17. The van der Waals surface area contributed by atoms with E-state index in [1.807, 2.05) is 0 Å². The third-order valence-electron chi connectivity index (χ3n) is 3.50. The summed E-state index contributed by atoms with van der Waals surface area (Å²) in [5, 5.41) is 24.1. The molecule has 0 aliphatic rings. The van der Waals surface area contributed by atoms with Crippen LogP contribution in [0.15, 0.2) is 70.2 Å². The van der Waals surface area contributed by atoms with Crippen LogP contribution >= 0.6 is 0 Å². The summed E-state index contributed by atoms with van der Waals surface area (Å²) < 4.78 is 5.56. The Bertz CT molecular complexity index is 977. The van der Waals surface area contributed by atoms with Crippen LogP contribution < -0.4 is 5.43 Å². The number of rotatable bonds is 5. The average Bonchev–Trinajstić information content (AvgIpc) is 3.11. The van der Waals surface area contributed by atoms with Crippen molar-refractivity contribution in [3.8, 4) is 17.1 Å². The molecule has 8 heteroatoms. The molecule has 3 aromatic rings. The number of carbonyl (C=O) groups excluding carboxylic acids is 1. The van der Waals surface area contributed by atoms with Gasteiger partial charge in [-0.1, -0.05) is 12.1 Å². The van der Waals surface area contributed by atoms with Crippen LogP contribution in [-0.2, 0) is 0 Å². The van der Waals surface area contributed by atoms with E-state index in [0.29, 0.717) is 17.1 Å². The number of nitro benzene ring substituents is 1. The number of hydrogen-bond acceptors (Lipinski definition) is 6. The lowest BCUT2D eigenvalue weighted by Gasteiger charge is -2.01. The average molecular weight is 351 g/mol. The van der Waals surface area contributed by atoms with E-state index in [-0.39, 0.29) is 17.0 Å². The highest BCUT2D eigenvalue weighted by atomic mass is 16.6. The first-order chi connectivity index (χ1) is 12.5. The molecule has 1 aromatic heterocycles. The minimum atomic E-state index is -0.554. The van der Waals surface area contributed by atoms with Crippen LogP contribution in [0.5, 0.6) is 5.75 Å². The topological polar surface area (TPSA) is 118 Å². The number of para-hydroxylation sites is 1. The Morgan fingerprint density at radius 3 is 2.54 bits per heavy atom. The van der Waals surface area contributed by atoms with Crippen molar-refractivity contribution in [1.29, 1.82) is 0 Å². The number of nitrogens with zero attached hydrogens (tertiary/aromatic N) is 2. The zero-order valence-corrected chi connectivity index (χ0v) is 13.3. The molecule has 0 saturated heterocycles. The second kappa shape index (κ2) is 7.31. The highest BCUT2D eigenvalue weighted by Crippen LogP contribution is 2.24. The van der Waals surface area contributed by atoms with Gasteiger partial charge in [0.2, 0.25) is 0 Å². The third kappa shape index (κ3) is 3.75. The number of nitrogens with one attached hydrogen (secondary N) is 1. The van der Waals surface area contributed by atoms with Gasteiger partial charge in [-0.15, -0.1) is 0 Å². The lowest BCUT2D eigenvalue weighted by molar-refractivity contribution is -0.384. The number of benzene rings is 2. The Balaban J connectivity index is 1.66. The van der Waals surface area contributed by atoms with E-state index < -0.39 is 10.8 Å². The van der Waals surface area contributed by atoms with Gasteiger partial charge in [-0.05, 0) is 36.4 Å². The van der Waals surface area contributed by atoms with Crippen molar-refractivity contribution in [2.45, 2.75) is 0 Å². The summed E-state index contributed by atoms with van der Waals surface area (Å²) in [5.41, 5.74) is 3.07. The maximum atomic E-state index is 11.9. The first kappa shape index (κ1) is 16.9. The Morgan fingerprint density at radius 2 is 1.85 bits per heavy atom. The number of carbonyl (C=O) groups is 1. The highest BCUT2D eigenvalue weighted by molar-refractivity contribution is 5.97. The predicted octanol–water partition coefficient (Wildman–Crippen LogP) is 3.32. The number of phenolic OH excluding ortho intramolecular Hbond substituents is 1. The van der Waals surface area contributed by atoms with Crippen LogP contribution in [0.3, 0.4) is 0 Å². The SMILES string of the molecule is O=C(NN=Cc1ccc(-c2ccc([N+](=O)[O-])cc2)o1)c1ccccc1O. The van der Waals surface area contributed by atoms with Crippen molar-refractivity contribution < 1.29 is 19.2 Å². The number of phenols is 1. The van der Waals surface area contributed by atoms with E-state index in [1.165, 1.54) is 30.5 Å². The zero-order chi connectivity index (χ0) is 18.5. The molecular weight excluding hydrogens is 338 g/mol. The monoisotopic (exact) mass is 351 g/mol. The van der Waals surface area contributed by atoms with Crippen LogP contribution in [0.25, 0.3) is 11.3 Å². The van der Waals surface area contributed by atoms with Gasteiger partial charge in [-0.3, -0.25) is 14.9 Å². The molecular formula is C18H13N3O5. The van der Waals surface area contributed by atoms with Gasteiger partial charge in [0.1, 0.15) is 17.3 Å². The van der Waals surface area contributed by atoms with E-state index in [2.05, 4.69) is 10.5 Å². The van der Waals surface area contributed by atoms with Gasteiger partial charge in [0.05, 0.1) is 16.7 Å². The van der Waals surface area contributed by atoms with E-state index in [4.69, 9.17) is 4.42 Å². The predicted molar refractivity (Wildman–Crippen MR) is 94.0 cm³/mol. The highest BCUT2D eigenvalue weighted by Gasteiger charge is 2.10. The molecule has 0 spiro atoms. The number of hydrogen-bond donors (Lipinski definition) is 2. The molecule has 0 radical (unpaired) electrons. The number of aromatic hydroxyl groups is 1. The third-order valence-corrected chi connectivity index (χ3v) is 3.50. The quantitative estimate of drug-likeness (QED) is 0.415. The van der Waals surface area contributed by atoms with Gasteiger partial charge in [0, 0.05) is 17.7 Å². The van der Waals surface area contributed by atoms with E-state index in [1.54, 1.807) is 36.4 Å². The van der Waals surface area contributed by atoms with Crippen molar-refractivity contribution in [2.24, 2.45) is 5.10 Å². The number of hydrazone groups is 1. The summed E-state index contributed by atoms with van der Waals surface area (Å²) in [5.74, 6) is 0.199. The summed E-state index contributed by atoms with van der Waals surface area (Å²) in [4.78, 5) is 22.1. The van der Waals surface area contributed by atoms with Crippen molar-refractivity contribution in [3.05, 3.63) is 82.1 Å². The van der Waals surface area contributed by atoms with Crippen LogP contribution in [0.4, 0.5) is 5.69 Å². The van der Waals surface area contributed by atoms with Crippen molar-refractivity contribution in [1.82, 2.24) is 5.43 Å². The molecule has 26 heavy (non-hydrogen) atoms. The van der Waals surface area contributed by atoms with Gasteiger partial charge in [-0.2, -0.15) is 5.10 Å². The lowest BCUT2D eigenvalue weighted by atomic mass is 10.1. The van der Waals surface area contributed by atoms with Gasteiger partial charge >= 0.3 is 0 Å². The molecule has 0 aliphatic carbocycles. The van der Waals surface area contributed by atoms with Crippen LogP contribution in [0.1, 0.15) is 16.1 Å². The van der Waals surface area contributed by atoms with Gasteiger partial charge in [-0.25, -0.2) is 5.43 Å². The number of furan rings is 1. The Kier molecular flexibility index (Phi) is 4.75. The molecule has 2 N–H and O–H groups in total. The fourth-order valence-corrected chi connectivity index (χ4v) is 2.21. The van der Waals surface area contributed by atoms with Crippen LogP contribution in [0, 0.1) is 10.1 Å². The second-order valence-corrected chi connectivity index (χ2v) is 5.22. The normalized spacial score (nSPS) is 10.8. The molecule has 0 aliphatic heterocycles. The summed E-state index contributed by atoms with van der Waals surface area (Å²) in [7, 11) is 0.